The van der Waals surface area contributed by atoms with Gasteiger partial charge in [-0.25, -0.2) is 4.98 Å². The molecule has 0 saturated heterocycles. The van der Waals surface area contributed by atoms with E-state index >= 15 is 0 Å². The predicted octanol–water partition coefficient (Wildman–Crippen LogP) is 5.96. The zero-order valence-electron chi connectivity index (χ0n) is 19.2. The van der Waals surface area contributed by atoms with E-state index in [1.165, 1.54) is 0 Å². The van der Waals surface area contributed by atoms with Crippen molar-refractivity contribution in [1.82, 2.24) is 15.0 Å². The van der Waals surface area contributed by atoms with Gasteiger partial charge in [0, 0.05) is 41.9 Å². The van der Waals surface area contributed by atoms with Gasteiger partial charge in [-0.2, -0.15) is 0 Å². The van der Waals surface area contributed by atoms with Crippen LogP contribution in [0.25, 0.3) is 32.9 Å². The summed E-state index contributed by atoms with van der Waals surface area (Å²) in [7, 11) is 0. The Kier molecular flexibility index (Phi) is 5.42. The lowest BCUT2D eigenvalue weighted by molar-refractivity contribution is 0.0998. The minimum Gasteiger partial charge on any atom is -0.324 e. The fourth-order valence-corrected chi connectivity index (χ4v) is 4.36. The van der Waals surface area contributed by atoms with Gasteiger partial charge in [0.25, 0.3) is 5.91 Å². The summed E-state index contributed by atoms with van der Waals surface area (Å²) in [5.74, 6) is -0.202. The Morgan fingerprint density at radius 1 is 0.917 bits per heavy atom. The van der Waals surface area contributed by atoms with Crippen molar-refractivity contribution in [3.05, 3.63) is 103 Å². The first-order valence-electron chi connectivity index (χ1n) is 11.6. The molecule has 0 spiro atoms. The fraction of sp³-hybridized carbons (Fsp3) is 0.0690. The zero-order valence-corrected chi connectivity index (χ0v) is 19.2. The number of H-pyrrole nitrogens is 1. The lowest BCUT2D eigenvalue weighted by atomic mass is 9.97. The van der Waals surface area contributed by atoms with Gasteiger partial charge in [-0.3, -0.25) is 24.9 Å². The first-order valence-corrected chi connectivity index (χ1v) is 11.6. The molecule has 0 unspecified atom stereocenters. The fourth-order valence-electron chi connectivity index (χ4n) is 4.36. The van der Waals surface area contributed by atoms with Crippen LogP contribution in [0.3, 0.4) is 0 Å². The monoisotopic (exact) mass is 471 g/mol. The smallest absolute Gasteiger partial charge is 0.276 e. The molecule has 2 aromatic heterocycles. The molecule has 1 aliphatic rings. The maximum Gasteiger partial charge on any atom is 0.276 e. The largest absolute Gasteiger partial charge is 0.324 e. The molecule has 3 heterocycles. The Balaban J connectivity index is 1.37. The maximum atomic E-state index is 13.3. The van der Waals surface area contributed by atoms with Gasteiger partial charge in [0.1, 0.15) is 11.2 Å². The highest BCUT2D eigenvalue weighted by molar-refractivity contribution is 6.16. The highest BCUT2D eigenvalue weighted by Gasteiger charge is 2.20. The number of pyridine rings is 1. The summed E-state index contributed by atoms with van der Waals surface area (Å²) in [5, 5.41) is 4.68. The molecule has 174 valence electrons. The molecule has 0 atom stereocenters. The number of anilines is 1. The number of carbonyl (C=O) groups excluding carboxylic acids is 2. The van der Waals surface area contributed by atoms with Crippen molar-refractivity contribution in [1.29, 1.82) is 0 Å². The number of hydrogen-bond donors (Lipinski definition) is 2. The topological polar surface area (TPSA) is 100 Å². The number of benzene rings is 3. The number of aliphatic imine (C=N–C) groups is 1. The average Bonchev–Trinajstić information content (AvgIpc) is 3.57. The number of nitrogens with one attached hydrogen (secondary N) is 2. The van der Waals surface area contributed by atoms with Crippen LogP contribution in [0.15, 0.2) is 96.3 Å². The Morgan fingerprint density at radius 3 is 2.53 bits per heavy atom. The second-order valence-corrected chi connectivity index (χ2v) is 8.63. The standard InChI is InChI=1S/C29H21N5O2/c35-26(16-22-11-6-12-30-22)23-13-21(18-7-2-1-3-8-18)15-24-27(23)33-29(32-24)34-28(36)25-14-19-9-4-5-10-20(19)17-31-25/h1-10,12-15,17H,11,16H2,(H2,32,33,34,36). The maximum absolute atomic E-state index is 13.3. The number of hydrogen-bond acceptors (Lipinski definition) is 5. The number of imidazole rings is 1. The highest BCUT2D eigenvalue weighted by atomic mass is 16.2. The quantitative estimate of drug-likeness (QED) is 0.298. The van der Waals surface area contributed by atoms with E-state index in [-0.39, 0.29) is 29.8 Å². The number of Topliss-reactive ketones (excluding diaryl/α,β-unsaturated/α-hetero) is 1. The molecule has 7 nitrogen and oxygen atoms in total. The number of amides is 1. The van der Waals surface area contributed by atoms with E-state index < -0.39 is 0 Å². The third-order valence-corrected chi connectivity index (χ3v) is 6.17. The molecule has 6 rings (SSSR count). The summed E-state index contributed by atoms with van der Waals surface area (Å²) in [6.07, 6.45) is 6.22. The predicted molar refractivity (Wildman–Crippen MR) is 141 cm³/mol. The minimum atomic E-state index is -0.387. The number of rotatable bonds is 6. The molecule has 7 heteroatoms. The highest BCUT2D eigenvalue weighted by Crippen LogP contribution is 2.29. The summed E-state index contributed by atoms with van der Waals surface area (Å²) >= 11 is 0. The molecular weight excluding hydrogens is 450 g/mol. The van der Waals surface area contributed by atoms with E-state index in [0.29, 0.717) is 23.0 Å². The van der Waals surface area contributed by atoms with Gasteiger partial charge in [-0.15, -0.1) is 0 Å². The first-order chi connectivity index (χ1) is 17.6. The van der Waals surface area contributed by atoms with Crippen LogP contribution in [-0.4, -0.2) is 32.4 Å². The molecule has 1 amide bonds. The van der Waals surface area contributed by atoms with Crippen LogP contribution in [-0.2, 0) is 0 Å². The number of carbonyl (C=O) groups is 2. The number of fused-ring (bicyclic) bond motifs is 2. The van der Waals surface area contributed by atoms with Crippen molar-refractivity contribution in [2.24, 2.45) is 4.99 Å². The number of allylic oxidation sites excluding steroid dienone is 1. The van der Waals surface area contributed by atoms with Crippen LogP contribution in [0.1, 0.15) is 33.7 Å². The number of nitrogens with zero attached hydrogens (tertiary/aromatic N) is 3. The molecule has 1 aliphatic heterocycles. The van der Waals surface area contributed by atoms with Crippen molar-refractivity contribution in [3.8, 4) is 11.1 Å². The number of aromatic amines is 1. The number of ketones is 1. The summed E-state index contributed by atoms with van der Waals surface area (Å²) in [6, 6.07) is 23.1. The summed E-state index contributed by atoms with van der Waals surface area (Å²) < 4.78 is 0. The average molecular weight is 472 g/mol. The Morgan fingerprint density at radius 2 is 1.72 bits per heavy atom. The summed E-state index contributed by atoms with van der Waals surface area (Å²) in [5.41, 5.74) is 4.62. The second kappa shape index (κ2) is 9.03. The van der Waals surface area contributed by atoms with Crippen LogP contribution in [0.4, 0.5) is 5.95 Å². The molecule has 3 aromatic carbocycles. The van der Waals surface area contributed by atoms with Gasteiger partial charge in [0.15, 0.2) is 5.78 Å². The van der Waals surface area contributed by atoms with Crippen LogP contribution >= 0.6 is 0 Å². The molecule has 0 saturated carbocycles. The van der Waals surface area contributed by atoms with E-state index in [2.05, 4.69) is 25.3 Å². The lowest BCUT2D eigenvalue weighted by Gasteiger charge is -2.07. The third-order valence-electron chi connectivity index (χ3n) is 6.17. The summed E-state index contributed by atoms with van der Waals surface area (Å²) in [6.45, 7) is 0. The third kappa shape index (κ3) is 4.18. The van der Waals surface area contributed by atoms with E-state index in [1.807, 2.05) is 72.8 Å². The SMILES string of the molecule is O=C(Nc1nc2c(C(=O)CC3=NC=CC3)cc(-c3ccccc3)cc2[nH]1)c1cc2ccccc2cn1. The zero-order chi connectivity index (χ0) is 24.5. The van der Waals surface area contributed by atoms with Crippen LogP contribution in [0.2, 0.25) is 0 Å². The van der Waals surface area contributed by atoms with E-state index in [9.17, 15) is 9.59 Å². The van der Waals surface area contributed by atoms with E-state index in [4.69, 9.17) is 0 Å². The lowest BCUT2D eigenvalue weighted by Crippen LogP contribution is -2.14. The van der Waals surface area contributed by atoms with Gasteiger partial charge in [-0.1, -0.05) is 60.7 Å². The Hall–Kier alpha value is -4.91. The van der Waals surface area contributed by atoms with Crippen molar-refractivity contribution < 1.29 is 9.59 Å². The van der Waals surface area contributed by atoms with Gasteiger partial charge >= 0.3 is 0 Å². The summed E-state index contributed by atoms with van der Waals surface area (Å²) in [4.78, 5) is 42.6. The molecule has 2 N–H and O–H groups in total. The van der Waals surface area contributed by atoms with Crippen molar-refractivity contribution >= 4 is 45.2 Å². The van der Waals surface area contributed by atoms with Gasteiger partial charge < -0.3 is 4.98 Å². The second-order valence-electron chi connectivity index (χ2n) is 8.63. The van der Waals surface area contributed by atoms with Crippen LogP contribution in [0, 0.1) is 0 Å². The Bertz CT molecular complexity index is 1700. The molecule has 5 aromatic rings. The first kappa shape index (κ1) is 21.6. The van der Waals surface area contributed by atoms with Gasteiger partial charge in [0.2, 0.25) is 5.95 Å². The minimum absolute atomic E-state index is 0.0687. The molecule has 36 heavy (non-hydrogen) atoms. The van der Waals surface area contributed by atoms with Crippen LogP contribution < -0.4 is 5.32 Å². The van der Waals surface area contributed by atoms with E-state index in [1.54, 1.807) is 18.5 Å². The van der Waals surface area contributed by atoms with Crippen molar-refractivity contribution in [2.75, 3.05) is 5.32 Å². The number of aromatic nitrogens is 3. The molecule has 0 aliphatic carbocycles. The molecule has 0 radical (unpaired) electrons. The molecular formula is C29H21N5O2. The normalized spacial score (nSPS) is 12.7. The van der Waals surface area contributed by atoms with Crippen molar-refractivity contribution in [2.45, 2.75) is 12.8 Å². The molecule has 0 fully saturated rings. The van der Waals surface area contributed by atoms with Gasteiger partial charge in [0.05, 0.1) is 5.52 Å². The Labute approximate surface area is 206 Å². The van der Waals surface area contributed by atoms with E-state index in [0.717, 1.165) is 27.6 Å². The van der Waals surface area contributed by atoms with Gasteiger partial charge in [-0.05, 0) is 34.7 Å². The van der Waals surface area contributed by atoms with Crippen molar-refractivity contribution in [3.63, 3.8) is 0 Å². The van der Waals surface area contributed by atoms with Crippen LogP contribution in [0.5, 0.6) is 0 Å². The molecule has 0 bridgehead atoms.